The van der Waals surface area contributed by atoms with Gasteiger partial charge in [0, 0.05) is 99.1 Å². The number of nitrogens with one attached hydrogen (secondary N) is 1. The first-order valence-corrected chi connectivity index (χ1v) is 17.0. The zero-order valence-electron chi connectivity index (χ0n) is 29.3. The molecule has 0 aliphatic carbocycles. The first-order chi connectivity index (χ1) is 23.4. The molecular formula is C39H48F2N6O2. The molecule has 10 heteroatoms. The number of halogens is 2. The molecule has 0 atom stereocenters. The maximum absolute atomic E-state index is 14.6. The van der Waals surface area contributed by atoms with Crippen LogP contribution in [-0.4, -0.2) is 88.7 Å². The Balaban J connectivity index is 0.000000199. The van der Waals surface area contributed by atoms with Crippen LogP contribution in [0.5, 0.6) is 0 Å². The molecule has 0 saturated carbocycles. The fraction of sp³-hybridized carbons (Fsp3) is 0.410. The Morgan fingerprint density at radius 3 is 1.61 bits per heavy atom. The number of carbonyl (C=O) groups is 1. The Kier molecular flexibility index (Phi) is 12.1. The minimum absolute atomic E-state index is 0.144. The molecule has 2 fully saturated rings. The molecule has 0 radical (unpaired) electrons. The molecule has 4 heterocycles. The first-order valence-electron chi connectivity index (χ1n) is 17.0. The molecule has 2 saturated heterocycles. The lowest BCUT2D eigenvalue weighted by Gasteiger charge is -2.35. The number of amides is 1. The van der Waals surface area contributed by atoms with E-state index < -0.39 is 5.60 Å². The highest BCUT2D eigenvalue weighted by atomic mass is 19.1. The van der Waals surface area contributed by atoms with Crippen LogP contribution >= 0.6 is 0 Å². The maximum atomic E-state index is 14.6. The number of nitrogens with zero attached hydrogens (tertiary/aromatic N) is 5. The standard InChI is InChI=1S/C22H28FN3O2.C17H20FN3/c1-16-6-5-7-20(24-16)17-8-9-18(19(23)14-17)15-25-10-12-26(13-11-25)21(27)28-22(2,3)4;1-13-3-2-4-17(20-13)14-5-6-15(16(18)11-14)12-21-9-7-19-8-10-21/h5-9,14H,10-13,15H2,1-4H3;2-6,11,19H,7-10,12H2,1H3. The number of hydrogen-bond acceptors (Lipinski definition) is 7. The summed E-state index contributed by atoms with van der Waals surface area (Å²) in [6.07, 6.45) is -0.284. The van der Waals surface area contributed by atoms with Crippen molar-refractivity contribution >= 4 is 6.09 Å². The van der Waals surface area contributed by atoms with Gasteiger partial charge in [0.1, 0.15) is 17.2 Å². The third kappa shape index (κ3) is 10.6. The SMILES string of the molecule is Cc1cccc(-c2ccc(CN3CCN(C(=O)OC(C)(C)C)CC3)c(F)c2)n1.Cc1cccc(-c2ccc(CN3CCNCC3)c(F)c2)n1. The van der Waals surface area contributed by atoms with E-state index in [-0.39, 0.29) is 17.7 Å². The molecule has 0 bridgehead atoms. The first kappa shape index (κ1) is 36.0. The number of aryl methyl sites for hydroxylation is 2. The van der Waals surface area contributed by atoms with E-state index in [0.717, 1.165) is 65.6 Å². The van der Waals surface area contributed by atoms with E-state index in [2.05, 4.69) is 25.1 Å². The predicted octanol–water partition coefficient (Wildman–Crippen LogP) is 6.85. The van der Waals surface area contributed by atoms with E-state index in [9.17, 15) is 13.6 Å². The Morgan fingerprint density at radius 1 is 0.714 bits per heavy atom. The maximum Gasteiger partial charge on any atom is 0.410 e. The van der Waals surface area contributed by atoms with E-state index in [1.807, 2.05) is 95.3 Å². The van der Waals surface area contributed by atoms with E-state index in [0.29, 0.717) is 44.8 Å². The van der Waals surface area contributed by atoms with Crippen LogP contribution in [-0.2, 0) is 17.8 Å². The largest absolute Gasteiger partial charge is 0.444 e. The summed E-state index contributed by atoms with van der Waals surface area (Å²) in [6, 6.07) is 22.3. The number of hydrogen-bond donors (Lipinski definition) is 1. The molecule has 1 amide bonds. The molecule has 2 aromatic carbocycles. The minimum atomic E-state index is -0.495. The van der Waals surface area contributed by atoms with Gasteiger partial charge in [-0.3, -0.25) is 19.8 Å². The molecule has 2 aliphatic rings. The Labute approximate surface area is 289 Å². The van der Waals surface area contributed by atoms with Crippen molar-refractivity contribution in [2.75, 3.05) is 52.4 Å². The third-order valence-electron chi connectivity index (χ3n) is 8.50. The molecule has 2 aliphatic heterocycles. The second-order valence-electron chi connectivity index (χ2n) is 13.7. The summed E-state index contributed by atoms with van der Waals surface area (Å²) in [5.74, 6) is -0.371. The Bertz CT molecular complexity index is 1710. The quantitative estimate of drug-likeness (QED) is 0.241. The number of carbonyl (C=O) groups excluding carboxylic acids is 1. The van der Waals surface area contributed by atoms with Crippen molar-refractivity contribution in [2.24, 2.45) is 0 Å². The van der Waals surface area contributed by atoms with Crippen molar-refractivity contribution < 1.29 is 18.3 Å². The molecule has 260 valence electrons. The summed E-state index contributed by atoms with van der Waals surface area (Å²) in [7, 11) is 0. The van der Waals surface area contributed by atoms with Crippen LogP contribution in [0.25, 0.3) is 22.5 Å². The lowest BCUT2D eigenvalue weighted by molar-refractivity contribution is 0.0138. The smallest absolute Gasteiger partial charge is 0.410 e. The molecule has 49 heavy (non-hydrogen) atoms. The normalized spacial score (nSPS) is 15.8. The van der Waals surface area contributed by atoms with Gasteiger partial charge in [0.25, 0.3) is 0 Å². The van der Waals surface area contributed by atoms with Crippen LogP contribution in [0.1, 0.15) is 43.3 Å². The highest BCUT2D eigenvalue weighted by molar-refractivity contribution is 5.68. The summed E-state index contributed by atoms with van der Waals surface area (Å²) in [5.41, 5.74) is 5.97. The van der Waals surface area contributed by atoms with Crippen LogP contribution in [0.3, 0.4) is 0 Å². The van der Waals surface area contributed by atoms with E-state index in [1.165, 1.54) is 0 Å². The Hall–Kier alpha value is -4.25. The van der Waals surface area contributed by atoms with Crippen molar-refractivity contribution in [3.05, 3.63) is 107 Å². The molecule has 6 rings (SSSR count). The van der Waals surface area contributed by atoms with Gasteiger partial charge in [0.2, 0.25) is 0 Å². The van der Waals surface area contributed by atoms with Gasteiger partial charge in [-0.05, 0) is 71.0 Å². The van der Waals surface area contributed by atoms with Gasteiger partial charge in [-0.1, -0.05) is 36.4 Å². The van der Waals surface area contributed by atoms with Crippen molar-refractivity contribution in [1.82, 2.24) is 30.0 Å². The third-order valence-corrected chi connectivity index (χ3v) is 8.50. The molecule has 4 aromatic rings. The van der Waals surface area contributed by atoms with Gasteiger partial charge >= 0.3 is 6.09 Å². The predicted molar refractivity (Wildman–Crippen MR) is 190 cm³/mol. The summed E-state index contributed by atoms with van der Waals surface area (Å²) in [6.45, 7) is 17.1. The Morgan fingerprint density at radius 2 is 1.18 bits per heavy atom. The van der Waals surface area contributed by atoms with Gasteiger partial charge in [-0.25, -0.2) is 13.6 Å². The van der Waals surface area contributed by atoms with Crippen LogP contribution in [0.15, 0.2) is 72.8 Å². The molecular weight excluding hydrogens is 622 g/mol. The number of rotatable bonds is 6. The molecule has 0 unspecified atom stereocenters. The van der Waals surface area contributed by atoms with Gasteiger partial charge in [-0.2, -0.15) is 0 Å². The highest BCUT2D eigenvalue weighted by Crippen LogP contribution is 2.23. The lowest BCUT2D eigenvalue weighted by Crippen LogP contribution is -2.49. The van der Waals surface area contributed by atoms with E-state index >= 15 is 0 Å². The fourth-order valence-corrected chi connectivity index (χ4v) is 5.84. The fourth-order valence-electron chi connectivity index (χ4n) is 5.84. The van der Waals surface area contributed by atoms with Crippen molar-refractivity contribution in [3.63, 3.8) is 0 Å². The van der Waals surface area contributed by atoms with Gasteiger partial charge in [-0.15, -0.1) is 0 Å². The van der Waals surface area contributed by atoms with Crippen LogP contribution in [0.4, 0.5) is 13.6 Å². The topological polar surface area (TPSA) is 73.8 Å². The summed E-state index contributed by atoms with van der Waals surface area (Å²) < 4.78 is 34.4. The monoisotopic (exact) mass is 670 g/mol. The molecule has 1 N–H and O–H groups in total. The van der Waals surface area contributed by atoms with Crippen LogP contribution in [0, 0.1) is 25.5 Å². The molecule has 8 nitrogen and oxygen atoms in total. The number of ether oxygens (including phenoxy) is 1. The number of piperazine rings is 2. The molecule has 0 spiro atoms. The number of pyridine rings is 2. The highest BCUT2D eigenvalue weighted by Gasteiger charge is 2.26. The summed E-state index contributed by atoms with van der Waals surface area (Å²) in [4.78, 5) is 27.2. The second-order valence-corrected chi connectivity index (χ2v) is 13.7. The van der Waals surface area contributed by atoms with Crippen LogP contribution < -0.4 is 5.32 Å². The van der Waals surface area contributed by atoms with Crippen LogP contribution in [0.2, 0.25) is 0 Å². The van der Waals surface area contributed by atoms with Gasteiger partial charge in [0.05, 0.1) is 11.4 Å². The zero-order valence-corrected chi connectivity index (χ0v) is 29.3. The lowest BCUT2D eigenvalue weighted by atomic mass is 10.1. The number of benzene rings is 2. The van der Waals surface area contributed by atoms with Gasteiger partial charge < -0.3 is 15.0 Å². The van der Waals surface area contributed by atoms with E-state index in [1.54, 1.807) is 17.0 Å². The summed E-state index contributed by atoms with van der Waals surface area (Å²) in [5, 5.41) is 3.31. The molecule has 2 aromatic heterocycles. The van der Waals surface area contributed by atoms with Crippen molar-refractivity contribution in [1.29, 1.82) is 0 Å². The van der Waals surface area contributed by atoms with Crippen molar-refractivity contribution in [2.45, 2.75) is 53.3 Å². The number of aromatic nitrogens is 2. The average molecular weight is 671 g/mol. The van der Waals surface area contributed by atoms with E-state index in [4.69, 9.17) is 4.74 Å². The van der Waals surface area contributed by atoms with Gasteiger partial charge in [0.15, 0.2) is 0 Å². The minimum Gasteiger partial charge on any atom is -0.444 e. The second kappa shape index (κ2) is 16.4. The summed E-state index contributed by atoms with van der Waals surface area (Å²) >= 11 is 0. The van der Waals surface area contributed by atoms with Crippen molar-refractivity contribution in [3.8, 4) is 22.5 Å². The zero-order chi connectivity index (χ0) is 35.0. The average Bonchev–Trinajstić information content (AvgIpc) is 3.07.